The van der Waals surface area contributed by atoms with Crippen LogP contribution in [-0.2, 0) is 20.8 Å². The largest absolute Gasteiger partial charge is 0.377 e. The maximum absolute atomic E-state index is 12.3. The van der Waals surface area contributed by atoms with Crippen LogP contribution in [0.1, 0.15) is 32.6 Å². The number of hydrogen-bond acceptors (Lipinski definition) is 5. The topological polar surface area (TPSA) is 73.7 Å². The lowest BCUT2D eigenvalue weighted by Gasteiger charge is -2.32. The molecule has 7 nitrogen and oxygen atoms in total. The first-order valence-electron chi connectivity index (χ1n) is 8.67. The maximum Gasteiger partial charge on any atom is 0.266 e. The Hall–Kier alpha value is -1.73. The summed E-state index contributed by atoms with van der Waals surface area (Å²) in [6.45, 7) is 4.67. The van der Waals surface area contributed by atoms with Crippen molar-refractivity contribution in [2.24, 2.45) is 0 Å². The first kappa shape index (κ1) is 17.1. The molecule has 1 spiro atoms. The highest BCUT2D eigenvalue weighted by atomic mass is 16.6. The number of carbonyl (C=O) groups excluding carboxylic acids is 1. The third-order valence-electron chi connectivity index (χ3n) is 4.67. The van der Waals surface area contributed by atoms with Crippen LogP contribution in [0.15, 0.2) is 23.1 Å². The van der Waals surface area contributed by atoms with Crippen LogP contribution in [0, 0.1) is 0 Å². The van der Waals surface area contributed by atoms with Gasteiger partial charge >= 0.3 is 0 Å². The number of rotatable bonds is 4. The predicted molar refractivity (Wildman–Crippen MR) is 87.6 cm³/mol. The number of carbonyl (C=O) groups is 1. The van der Waals surface area contributed by atoms with E-state index in [4.69, 9.17) is 9.47 Å². The van der Waals surface area contributed by atoms with E-state index in [1.807, 2.05) is 11.8 Å². The molecule has 1 aromatic rings. The van der Waals surface area contributed by atoms with Gasteiger partial charge in [0.25, 0.3) is 5.56 Å². The molecule has 1 amide bonds. The van der Waals surface area contributed by atoms with Crippen LogP contribution >= 0.6 is 0 Å². The third-order valence-corrected chi connectivity index (χ3v) is 4.67. The van der Waals surface area contributed by atoms with Gasteiger partial charge in [-0.1, -0.05) is 6.92 Å². The van der Waals surface area contributed by atoms with Gasteiger partial charge in [0.2, 0.25) is 5.91 Å². The summed E-state index contributed by atoms with van der Waals surface area (Å²) in [6, 6.07) is 3.13. The van der Waals surface area contributed by atoms with Gasteiger partial charge in [0.15, 0.2) is 0 Å². The third kappa shape index (κ3) is 3.84. The zero-order valence-corrected chi connectivity index (χ0v) is 14.1. The van der Waals surface area contributed by atoms with Crippen molar-refractivity contribution in [1.82, 2.24) is 14.7 Å². The van der Waals surface area contributed by atoms with Crippen LogP contribution in [0.4, 0.5) is 0 Å². The van der Waals surface area contributed by atoms with E-state index < -0.39 is 5.60 Å². The summed E-state index contributed by atoms with van der Waals surface area (Å²) in [5, 5.41) is 4.09. The standard InChI is InChI=1S/C17H25N3O4/c1-2-4-15(21)19-9-10-23-13-17(12-19)7-6-14(24-17)11-20-16(22)5-3-8-18-20/h3,5,8,14H,2,4,6-7,9-13H2,1H3/t14-,17+/m1/s1. The highest BCUT2D eigenvalue weighted by Crippen LogP contribution is 2.33. The van der Waals surface area contributed by atoms with E-state index in [2.05, 4.69) is 5.10 Å². The van der Waals surface area contributed by atoms with Gasteiger partial charge in [0.05, 0.1) is 32.4 Å². The van der Waals surface area contributed by atoms with Gasteiger partial charge in [-0.15, -0.1) is 0 Å². The van der Waals surface area contributed by atoms with Gasteiger partial charge < -0.3 is 14.4 Å². The maximum atomic E-state index is 12.3. The molecule has 0 aromatic carbocycles. The van der Waals surface area contributed by atoms with Crippen molar-refractivity contribution in [3.05, 3.63) is 28.7 Å². The van der Waals surface area contributed by atoms with Gasteiger partial charge in [-0.05, 0) is 25.3 Å². The normalized spacial score (nSPS) is 27.4. The van der Waals surface area contributed by atoms with Crippen LogP contribution in [0.25, 0.3) is 0 Å². The summed E-state index contributed by atoms with van der Waals surface area (Å²) in [4.78, 5) is 25.9. The van der Waals surface area contributed by atoms with Crippen molar-refractivity contribution in [2.45, 2.75) is 50.9 Å². The number of ether oxygens (including phenoxy) is 2. The summed E-state index contributed by atoms with van der Waals surface area (Å²) in [7, 11) is 0. The zero-order chi connectivity index (χ0) is 17.0. The second-order valence-electron chi connectivity index (χ2n) is 6.62. The Morgan fingerprint density at radius 1 is 1.50 bits per heavy atom. The van der Waals surface area contributed by atoms with E-state index >= 15 is 0 Å². The fraction of sp³-hybridized carbons (Fsp3) is 0.706. The number of amides is 1. The van der Waals surface area contributed by atoms with Gasteiger partial charge in [-0.2, -0.15) is 5.10 Å². The smallest absolute Gasteiger partial charge is 0.266 e. The molecule has 2 atom stereocenters. The molecule has 0 N–H and O–H groups in total. The molecule has 2 saturated heterocycles. The molecule has 132 valence electrons. The van der Waals surface area contributed by atoms with Crippen molar-refractivity contribution in [3.8, 4) is 0 Å². The minimum Gasteiger partial charge on any atom is -0.377 e. The monoisotopic (exact) mass is 335 g/mol. The molecule has 0 aliphatic carbocycles. The van der Waals surface area contributed by atoms with Gasteiger partial charge in [0.1, 0.15) is 5.60 Å². The molecule has 0 bridgehead atoms. The molecule has 1 aromatic heterocycles. The van der Waals surface area contributed by atoms with E-state index in [0.717, 1.165) is 19.3 Å². The van der Waals surface area contributed by atoms with Gasteiger partial charge in [-0.25, -0.2) is 4.68 Å². The summed E-state index contributed by atoms with van der Waals surface area (Å²) < 4.78 is 13.4. The molecule has 7 heteroatoms. The van der Waals surface area contributed by atoms with Crippen LogP contribution in [0.2, 0.25) is 0 Å². The fourth-order valence-electron chi connectivity index (χ4n) is 3.45. The quantitative estimate of drug-likeness (QED) is 0.814. The van der Waals surface area contributed by atoms with E-state index in [0.29, 0.717) is 39.3 Å². The molecule has 3 rings (SSSR count). The van der Waals surface area contributed by atoms with E-state index in [9.17, 15) is 9.59 Å². The molecule has 2 aliphatic rings. The van der Waals surface area contributed by atoms with Crippen LogP contribution in [0.3, 0.4) is 0 Å². The average molecular weight is 335 g/mol. The number of hydrogen-bond donors (Lipinski definition) is 0. The van der Waals surface area contributed by atoms with Crippen LogP contribution in [-0.4, -0.2) is 58.6 Å². The number of aromatic nitrogens is 2. The molecular weight excluding hydrogens is 310 g/mol. The van der Waals surface area contributed by atoms with E-state index in [-0.39, 0.29) is 17.6 Å². The summed E-state index contributed by atoms with van der Waals surface area (Å²) >= 11 is 0. The molecule has 24 heavy (non-hydrogen) atoms. The summed E-state index contributed by atoms with van der Waals surface area (Å²) in [5.74, 6) is 0.162. The lowest BCUT2D eigenvalue weighted by molar-refractivity contribution is -0.136. The predicted octanol–water partition coefficient (Wildman–Crippen LogP) is 0.820. The van der Waals surface area contributed by atoms with Crippen LogP contribution in [0.5, 0.6) is 0 Å². The Kier molecular flexibility index (Phi) is 5.30. The fourth-order valence-corrected chi connectivity index (χ4v) is 3.45. The molecular formula is C17H25N3O4. The summed E-state index contributed by atoms with van der Waals surface area (Å²) in [6.07, 6.45) is 4.59. The Morgan fingerprint density at radius 3 is 3.17 bits per heavy atom. The molecule has 3 heterocycles. The second-order valence-corrected chi connectivity index (χ2v) is 6.62. The molecule has 2 aliphatic heterocycles. The van der Waals surface area contributed by atoms with Crippen molar-refractivity contribution < 1.29 is 14.3 Å². The van der Waals surface area contributed by atoms with Crippen molar-refractivity contribution in [1.29, 1.82) is 0 Å². The minimum atomic E-state index is -0.455. The van der Waals surface area contributed by atoms with Gasteiger partial charge in [0, 0.05) is 25.2 Å². The Morgan fingerprint density at radius 2 is 2.38 bits per heavy atom. The Labute approximate surface area is 141 Å². The molecule has 0 unspecified atom stereocenters. The first-order valence-corrected chi connectivity index (χ1v) is 8.67. The van der Waals surface area contributed by atoms with E-state index in [1.54, 1.807) is 12.3 Å². The lowest BCUT2D eigenvalue weighted by Crippen LogP contribution is -2.47. The highest BCUT2D eigenvalue weighted by molar-refractivity contribution is 5.76. The SMILES string of the molecule is CCCC(=O)N1CCOC[C@]2(CC[C@H](Cn3ncccc3=O)O2)C1. The van der Waals surface area contributed by atoms with Crippen molar-refractivity contribution in [3.63, 3.8) is 0 Å². The minimum absolute atomic E-state index is 0.0811. The summed E-state index contributed by atoms with van der Waals surface area (Å²) in [5.41, 5.74) is -0.581. The van der Waals surface area contributed by atoms with Crippen molar-refractivity contribution >= 4 is 5.91 Å². The second kappa shape index (κ2) is 7.44. The van der Waals surface area contributed by atoms with E-state index in [1.165, 1.54) is 10.7 Å². The first-order chi connectivity index (χ1) is 11.6. The van der Waals surface area contributed by atoms with Gasteiger partial charge in [-0.3, -0.25) is 9.59 Å². The van der Waals surface area contributed by atoms with Crippen molar-refractivity contribution in [2.75, 3.05) is 26.3 Å². The highest BCUT2D eigenvalue weighted by Gasteiger charge is 2.44. The average Bonchev–Trinajstić information content (AvgIpc) is 2.82. The zero-order valence-electron chi connectivity index (χ0n) is 14.1. The molecule has 2 fully saturated rings. The Balaban J connectivity index is 1.66. The number of nitrogens with zero attached hydrogens (tertiary/aromatic N) is 3. The lowest BCUT2D eigenvalue weighted by atomic mass is 10.00. The Bertz CT molecular complexity index is 632. The molecule has 0 saturated carbocycles. The molecule has 0 radical (unpaired) electrons. The van der Waals surface area contributed by atoms with Crippen LogP contribution < -0.4 is 5.56 Å².